The zero-order chi connectivity index (χ0) is 20.8. The minimum Gasteiger partial charge on any atom is -0.337 e. The van der Waals surface area contributed by atoms with Crippen molar-refractivity contribution in [2.75, 3.05) is 26.2 Å². The quantitative estimate of drug-likeness (QED) is 0.817. The Morgan fingerprint density at radius 3 is 2.67 bits per heavy atom. The number of rotatable bonds is 2. The number of pyridine rings is 2. The molecule has 1 amide bonds. The van der Waals surface area contributed by atoms with Crippen molar-refractivity contribution in [3.63, 3.8) is 0 Å². The van der Waals surface area contributed by atoms with Crippen LogP contribution >= 0.6 is 0 Å². The number of hydrogen-bond acceptors (Lipinski definition) is 4. The van der Waals surface area contributed by atoms with Gasteiger partial charge in [-0.15, -0.1) is 0 Å². The first-order chi connectivity index (χ1) is 14.5. The zero-order valence-electron chi connectivity index (χ0n) is 17.3. The lowest BCUT2D eigenvalue weighted by molar-refractivity contribution is 0.0591. The standard InChI is InChI=1S/C23H28N4O3/c1-15-7-10-26(18-5-8-24-9-6-18)23(30)21(15)22(29)25-12-16-11-17(14-25)19-3-2-4-20(28)27(19)13-16/h2-4,7,10,16-18,24H,5-6,8-9,11-14H2,1H3/t16-,17+/m0/s1. The fourth-order valence-electron chi connectivity index (χ4n) is 5.49. The molecule has 158 valence electrons. The highest BCUT2D eigenvalue weighted by Crippen LogP contribution is 2.35. The molecular weight excluding hydrogens is 380 g/mol. The average Bonchev–Trinajstić information content (AvgIpc) is 2.75. The fraction of sp³-hybridized carbons (Fsp3) is 0.522. The first-order valence-corrected chi connectivity index (χ1v) is 10.9. The van der Waals surface area contributed by atoms with Crippen molar-refractivity contribution in [1.29, 1.82) is 0 Å². The molecule has 2 bridgehead atoms. The van der Waals surface area contributed by atoms with Gasteiger partial charge in [-0.05, 0) is 62.9 Å². The number of fused-ring (bicyclic) bond motifs is 4. The molecule has 5 rings (SSSR count). The van der Waals surface area contributed by atoms with E-state index in [-0.39, 0.29) is 34.9 Å². The summed E-state index contributed by atoms with van der Waals surface area (Å²) in [5.74, 6) is 0.226. The summed E-state index contributed by atoms with van der Waals surface area (Å²) >= 11 is 0. The van der Waals surface area contributed by atoms with Crippen LogP contribution in [0.2, 0.25) is 0 Å². The van der Waals surface area contributed by atoms with Crippen molar-refractivity contribution in [2.24, 2.45) is 5.92 Å². The van der Waals surface area contributed by atoms with Gasteiger partial charge in [-0.25, -0.2) is 0 Å². The average molecular weight is 409 g/mol. The highest BCUT2D eigenvalue weighted by molar-refractivity contribution is 5.95. The molecule has 0 aliphatic carbocycles. The smallest absolute Gasteiger partial charge is 0.263 e. The number of likely N-dealkylation sites (tertiary alicyclic amines) is 1. The lowest BCUT2D eigenvalue weighted by Crippen LogP contribution is -2.50. The molecule has 2 fully saturated rings. The van der Waals surface area contributed by atoms with Crippen LogP contribution in [0.4, 0.5) is 0 Å². The molecular formula is C23H28N4O3. The van der Waals surface area contributed by atoms with E-state index in [0.717, 1.165) is 43.6 Å². The monoisotopic (exact) mass is 408 g/mol. The fourth-order valence-corrected chi connectivity index (χ4v) is 5.49. The highest BCUT2D eigenvalue weighted by Gasteiger charge is 2.37. The molecule has 0 spiro atoms. The van der Waals surface area contributed by atoms with Crippen LogP contribution in [0.15, 0.2) is 40.1 Å². The molecule has 1 N–H and O–H groups in total. The summed E-state index contributed by atoms with van der Waals surface area (Å²) in [5.41, 5.74) is 1.92. The summed E-state index contributed by atoms with van der Waals surface area (Å²) in [6.07, 6.45) is 4.63. The SMILES string of the molecule is Cc1ccn(C2CCNCC2)c(=O)c1C(=O)N1C[C@@H]2C[C@H](C1)c1cccc(=O)n1C2. The molecule has 0 saturated carbocycles. The molecule has 0 aromatic carbocycles. The predicted molar refractivity (Wildman–Crippen MR) is 114 cm³/mol. The van der Waals surface area contributed by atoms with Crippen LogP contribution in [0, 0.1) is 12.8 Å². The number of aromatic nitrogens is 2. The van der Waals surface area contributed by atoms with Crippen molar-refractivity contribution in [1.82, 2.24) is 19.4 Å². The van der Waals surface area contributed by atoms with Gasteiger partial charge in [0.25, 0.3) is 17.0 Å². The van der Waals surface area contributed by atoms with Gasteiger partial charge in [0.2, 0.25) is 0 Å². The number of nitrogens with one attached hydrogen (secondary N) is 1. The number of hydrogen-bond donors (Lipinski definition) is 1. The van der Waals surface area contributed by atoms with Gasteiger partial charge in [-0.3, -0.25) is 14.4 Å². The summed E-state index contributed by atoms with van der Waals surface area (Å²) in [7, 11) is 0. The molecule has 7 heteroatoms. The van der Waals surface area contributed by atoms with Crippen molar-refractivity contribution in [3.05, 3.63) is 68.0 Å². The van der Waals surface area contributed by atoms with Gasteiger partial charge in [-0.2, -0.15) is 0 Å². The maximum absolute atomic E-state index is 13.5. The van der Waals surface area contributed by atoms with E-state index in [1.807, 2.05) is 34.7 Å². The predicted octanol–water partition coefficient (Wildman–Crippen LogP) is 1.50. The summed E-state index contributed by atoms with van der Waals surface area (Å²) in [5, 5.41) is 3.32. The normalized spacial score (nSPS) is 23.8. The van der Waals surface area contributed by atoms with Crippen molar-refractivity contribution in [2.45, 2.75) is 44.7 Å². The Labute approximate surface area is 175 Å². The van der Waals surface area contributed by atoms with Crippen molar-refractivity contribution < 1.29 is 4.79 Å². The first-order valence-electron chi connectivity index (χ1n) is 10.9. The van der Waals surface area contributed by atoms with Crippen LogP contribution in [-0.4, -0.2) is 46.1 Å². The van der Waals surface area contributed by atoms with E-state index in [1.54, 1.807) is 16.7 Å². The molecule has 0 unspecified atom stereocenters. The van der Waals surface area contributed by atoms with Crippen molar-refractivity contribution >= 4 is 5.91 Å². The number of amides is 1. The van der Waals surface area contributed by atoms with Crippen LogP contribution in [0.25, 0.3) is 0 Å². The van der Waals surface area contributed by atoms with Gasteiger partial charge in [-0.1, -0.05) is 6.07 Å². The third kappa shape index (κ3) is 3.21. The van der Waals surface area contributed by atoms with Gasteiger partial charge in [0, 0.05) is 49.6 Å². The van der Waals surface area contributed by atoms with E-state index < -0.39 is 0 Å². The molecule has 0 radical (unpaired) electrons. The second-order valence-corrected chi connectivity index (χ2v) is 8.98. The summed E-state index contributed by atoms with van der Waals surface area (Å²) in [4.78, 5) is 40.9. The van der Waals surface area contributed by atoms with Crippen molar-refractivity contribution in [3.8, 4) is 0 Å². The highest BCUT2D eigenvalue weighted by atomic mass is 16.2. The van der Waals surface area contributed by atoms with E-state index in [4.69, 9.17) is 0 Å². The van der Waals surface area contributed by atoms with E-state index in [0.29, 0.717) is 25.2 Å². The lowest BCUT2D eigenvalue weighted by atomic mass is 9.83. The third-order valence-electron chi connectivity index (χ3n) is 7.01. The summed E-state index contributed by atoms with van der Waals surface area (Å²) in [6.45, 7) is 5.42. The second-order valence-electron chi connectivity index (χ2n) is 8.98. The zero-order valence-corrected chi connectivity index (χ0v) is 17.3. The van der Waals surface area contributed by atoms with E-state index in [2.05, 4.69) is 5.32 Å². The third-order valence-corrected chi connectivity index (χ3v) is 7.01. The van der Waals surface area contributed by atoms with Crippen LogP contribution < -0.4 is 16.4 Å². The van der Waals surface area contributed by atoms with Crippen LogP contribution in [0.5, 0.6) is 0 Å². The minimum atomic E-state index is -0.167. The van der Waals surface area contributed by atoms with E-state index in [1.165, 1.54) is 0 Å². The molecule has 2 aromatic heterocycles. The lowest BCUT2D eigenvalue weighted by Gasteiger charge is -2.42. The topological polar surface area (TPSA) is 76.3 Å². The Morgan fingerprint density at radius 1 is 1.07 bits per heavy atom. The molecule has 30 heavy (non-hydrogen) atoms. The molecule has 5 heterocycles. The Hall–Kier alpha value is -2.67. The first kappa shape index (κ1) is 19.3. The van der Waals surface area contributed by atoms with Gasteiger partial charge >= 0.3 is 0 Å². The summed E-state index contributed by atoms with van der Waals surface area (Å²) < 4.78 is 3.62. The largest absolute Gasteiger partial charge is 0.337 e. The van der Waals surface area contributed by atoms with Gasteiger partial charge in [0.1, 0.15) is 5.56 Å². The Bertz CT molecular complexity index is 1100. The Morgan fingerprint density at radius 2 is 1.87 bits per heavy atom. The molecule has 3 aliphatic rings. The number of aryl methyl sites for hydroxylation is 1. The molecule has 7 nitrogen and oxygen atoms in total. The molecule has 2 saturated heterocycles. The van der Waals surface area contributed by atoms with Gasteiger partial charge in [0.15, 0.2) is 0 Å². The van der Waals surface area contributed by atoms with Crippen LogP contribution in [-0.2, 0) is 6.54 Å². The van der Waals surface area contributed by atoms with Gasteiger partial charge in [0.05, 0.1) is 0 Å². The Kier molecular flexibility index (Phi) is 4.85. The molecule has 2 atom stereocenters. The minimum absolute atomic E-state index is 0.0331. The summed E-state index contributed by atoms with van der Waals surface area (Å²) in [6, 6.07) is 7.44. The maximum atomic E-state index is 13.5. The van der Waals surface area contributed by atoms with E-state index in [9.17, 15) is 14.4 Å². The van der Waals surface area contributed by atoms with Crippen LogP contribution in [0.3, 0.4) is 0 Å². The number of carbonyl (C=O) groups excluding carboxylic acids is 1. The second kappa shape index (κ2) is 7.54. The van der Waals surface area contributed by atoms with Gasteiger partial charge < -0.3 is 19.4 Å². The number of piperidine rings is 2. The molecule has 2 aromatic rings. The van der Waals surface area contributed by atoms with Crippen LogP contribution in [0.1, 0.15) is 52.8 Å². The maximum Gasteiger partial charge on any atom is 0.263 e. The number of nitrogens with zero attached hydrogens (tertiary/aromatic N) is 3. The number of carbonyl (C=O) groups is 1. The Balaban J connectivity index is 1.46. The molecule has 3 aliphatic heterocycles. The van der Waals surface area contributed by atoms with E-state index >= 15 is 0 Å².